The molecular weight excluding hydrogens is 348 g/mol. The molecule has 158 valence electrons. The summed E-state index contributed by atoms with van der Waals surface area (Å²) in [6, 6.07) is 0. The zero-order chi connectivity index (χ0) is 20.1. The summed E-state index contributed by atoms with van der Waals surface area (Å²) in [7, 11) is 0. The van der Waals surface area contributed by atoms with E-state index in [1.807, 2.05) is 0 Å². The van der Waals surface area contributed by atoms with E-state index in [1.54, 1.807) is 5.57 Å². The van der Waals surface area contributed by atoms with Gasteiger partial charge in [-0.05, 0) is 85.9 Å². The van der Waals surface area contributed by atoms with Crippen LogP contribution in [0.25, 0.3) is 0 Å². The predicted molar refractivity (Wildman–Crippen MR) is 112 cm³/mol. The van der Waals surface area contributed by atoms with Crippen LogP contribution in [0.3, 0.4) is 0 Å². The van der Waals surface area contributed by atoms with E-state index in [4.69, 9.17) is 4.74 Å². The first-order valence-corrected chi connectivity index (χ1v) is 11.8. The van der Waals surface area contributed by atoms with E-state index in [9.17, 15) is 9.90 Å². The summed E-state index contributed by atoms with van der Waals surface area (Å²) in [5.41, 5.74) is 1.98. The Hall–Kier alpha value is -0.830. The van der Waals surface area contributed by atoms with Gasteiger partial charge in [-0.15, -0.1) is 0 Å². The van der Waals surface area contributed by atoms with Crippen molar-refractivity contribution < 1.29 is 14.6 Å². The maximum absolute atomic E-state index is 12.2. The minimum Gasteiger partial charge on any atom is -0.462 e. The van der Waals surface area contributed by atoms with Gasteiger partial charge in [0.15, 0.2) is 0 Å². The van der Waals surface area contributed by atoms with Gasteiger partial charge in [-0.3, -0.25) is 4.79 Å². The molecule has 3 nitrogen and oxygen atoms in total. The molecule has 4 rings (SSSR count). The Morgan fingerprint density at radius 3 is 2.71 bits per heavy atom. The van der Waals surface area contributed by atoms with Crippen molar-refractivity contribution >= 4 is 5.97 Å². The summed E-state index contributed by atoms with van der Waals surface area (Å²) in [5, 5.41) is 10.6. The SMILES string of the molecule is CC(C)CCC(=O)O[C@H]1CC[C@@]2(C)C(=CC[C@@H]3[C@@H]2CC[C@]2(C)C(O)CC[C@@H]32)C1. The second-order valence-electron chi connectivity index (χ2n) is 11.2. The van der Waals surface area contributed by atoms with Gasteiger partial charge in [0.25, 0.3) is 0 Å². The molecule has 0 aromatic rings. The summed E-state index contributed by atoms with van der Waals surface area (Å²) < 4.78 is 5.86. The molecule has 4 aliphatic rings. The van der Waals surface area contributed by atoms with Gasteiger partial charge in [0.05, 0.1) is 6.10 Å². The van der Waals surface area contributed by atoms with Crippen molar-refractivity contribution in [1.29, 1.82) is 0 Å². The summed E-state index contributed by atoms with van der Waals surface area (Å²) in [6.45, 7) is 9.14. The third-order valence-corrected chi connectivity index (χ3v) is 9.23. The van der Waals surface area contributed by atoms with Crippen LogP contribution in [0.5, 0.6) is 0 Å². The van der Waals surface area contributed by atoms with Crippen molar-refractivity contribution in [3.05, 3.63) is 11.6 Å². The van der Waals surface area contributed by atoms with Crippen molar-refractivity contribution in [2.75, 3.05) is 0 Å². The third kappa shape index (κ3) is 3.36. The predicted octanol–water partition coefficient (Wildman–Crippen LogP) is 5.66. The number of aliphatic hydroxyl groups is 1. The Balaban J connectivity index is 1.44. The molecule has 3 heteroatoms. The smallest absolute Gasteiger partial charge is 0.306 e. The van der Waals surface area contributed by atoms with E-state index in [0.717, 1.165) is 50.4 Å². The minimum absolute atomic E-state index is 0.00929. The van der Waals surface area contributed by atoms with Crippen LogP contribution in [0.4, 0.5) is 0 Å². The van der Waals surface area contributed by atoms with Crippen molar-refractivity contribution in [3.8, 4) is 0 Å². The monoisotopic (exact) mass is 388 g/mol. The molecular formula is C25H40O3. The van der Waals surface area contributed by atoms with Crippen LogP contribution < -0.4 is 0 Å². The van der Waals surface area contributed by atoms with E-state index >= 15 is 0 Å². The number of rotatable bonds is 4. The highest BCUT2D eigenvalue weighted by atomic mass is 16.5. The lowest BCUT2D eigenvalue weighted by atomic mass is 9.48. The Bertz CT molecular complexity index is 638. The molecule has 0 radical (unpaired) electrons. The Morgan fingerprint density at radius 2 is 1.96 bits per heavy atom. The third-order valence-electron chi connectivity index (χ3n) is 9.23. The number of hydrogen-bond donors (Lipinski definition) is 1. The Morgan fingerprint density at radius 1 is 1.18 bits per heavy atom. The number of carbonyl (C=O) groups excluding carboxylic acids is 1. The van der Waals surface area contributed by atoms with Crippen LogP contribution >= 0.6 is 0 Å². The molecule has 0 spiro atoms. The highest BCUT2D eigenvalue weighted by Crippen LogP contribution is 2.64. The van der Waals surface area contributed by atoms with Crippen LogP contribution in [0.2, 0.25) is 0 Å². The van der Waals surface area contributed by atoms with Crippen LogP contribution in [0.15, 0.2) is 11.6 Å². The lowest BCUT2D eigenvalue weighted by Gasteiger charge is -2.57. The Labute approximate surface area is 171 Å². The molecule has 0 aromatic heterocycles. The molecule has 0 bridgehead atoms. The van der Waals surface area contributed by atoms with Crippen LogP contribution in [0, 0.1) is 34.5 Å². The molecule has 0 heterocycles. The molecule has 1 unspecified atom stereocenters. The molecule has 1 N–H and O–H groups in total. The average Bonchev–Trinajstić information content (AvgIpc) is 2.95. The molecule has 3 saturated carbocycles. The quantitative estimate of drug-likeness (QED) is 0.499. The molecule has 0 aliphatic heterocycles. The summed E-state index contributed by atoms with van der Waals surface area (Å²) in [6.07, 6.45) is 12.8. The van der Waals surface area contributed by atoms with Crippen LogP contribution in [-0.2, 0) is 9.53 Å². The van der Waals surface area contributed by atoms with E-state index < -0.39 is 0 Å². The first-order chi connectivity index (χ1) is 13.2. The van der Waals surface area contributed by atoms with Crippen LogP contribution in [-0.4, -0.2) is 23.3 Å². The fraction of sp³-hybridized carbons (Fsp3) is 0.880. The molecule has 0 amide bonds. The van der Waals surface area contributed by atoms with Gasteiger partial charge < -0.3 is 9.84 Å². The van der Waals surface area contributed by atoms with Crippen molar-refractivity contribution in [1.82, 2.24) is 0 Å². The van der Waals surface area contributed by atoms with Gasteiger partial charge in [-0.25, -0.2) is 0 Å². The van der Waals surface area contributed by atoms with Gasteiger partial charge in [-0.2, -0.15) is 0 Å². The standard InChI is InChI=1S/C25H40O3/c1-16(2)5-10-23(27)28-18-11-13-24(3)17(15-18)6-7-19-20-8-9-22(26)25(20,4)14-12-21(19)24/h6,16,18-22,26H,5,7-15H2,1-4H3/t18-,19-,20-,21-,22?,24-,25-/m0/s1. The maximum atomic E-state index is 12.2. The minimum atomic E-state index is -0.0994. The number of allylic oxidation sites excluding steroid dienone is 1. The summed E-state index contributed by atoms with van der Waals surface area (Å²) >= 11 is 0. The number of hydrogen-bond acceptors (Lipinski definition) is 3. The molecule has 4 aliphatic carbocycles. The van der Waals surface area contributed by atoms with Gasteiger partial charge >= 0.3 is 5.97 Å². The van der Waals surface area contributed by atoms with Crippen molar-refractivity contribution in [2.45, 2.75) is 104 Å². The molecule has 28 heavy (non-hydrogen) atoms. The highest BCUT2D eigenvalue weighted by Gasteiger charge is 2.58. The second-order valence-corrected chi connectivity index (χ2v) is 11.2. The number of ether oxygens (including phenoxy) is 1. The summed E-state index contributed by atoms with van der Waals surface area (Å²) in [4.78, 5) is 12.2. The normalized spacial score (nSPS) is 45.1. The number of fused-ring (bicyclic) bond motifs is 5. The number of esters is 1. The summed E-state index contributed by atoms with van der Waals surface area (Å²) in [5.74, 6) is 2.70. The molecule has 3 fully saturated rings. The fourth-order valence-electron chi connectivity index (χ4n) is 7.35. The average molecular weight is 389 g/mol. The van der Waals surface area contributed by atoms with Gasteiger partial charge in [0.1, 0.15) is 6.10 Å². The van der Waals surface area contributed by atoms with E-state index in [2.05, 4.69) is 33.8 Å². The van der Waals surface area contributed by atoms with E-state index in [0.29, 0.717) is 18.3 Å². The van der Waals surface area contributed by atoms with Gasteiger partial charge in [-0.1, -0.05) is 39.3 Å². The van der Waals surface area contributed by atoms with E-state index in [1.165, 1.54) is 19.3 Å². The fourth-order valence-corrected chi connectivity index (χ4v) is 7.35. The van der Waals surface area contributed by atoms with Gasteiger partial charge in [0.2, 0.25) is 0 Å². The first-order valence-electron chi connectivity index (χ1n) is 11.8. The van der Waals surface area contributed by atoms with Crippen LogP contribution in [0.1, 0.15) is 91.9 Å². The topological polar surface area (TPSA) is 46.5 Å². The van der Waals surface area contributed by atoms with Crippen molar-refractivity contribution in [3.63, 3.8) is 0 Å². The lowest BCUT2D eigenvalue weighted by molar-refractivity contribution is -0.151. The first kappa shape index (κ1) is 20.4. The molecule has 0 aromatic carbocycles. The number of carbonyl (C=O) groups is 1. The Kier molecular flexibility index (Phi) is 5.44. The second kappa shape index (κ2) is 7.45. The maximum Gasteiger partial charge on any atom is 0.306 e. The number of aliphatic hydroxyl groups excluding tert-OH is 1. The van der Waals surface area contributed by atoms with Crippen molar-refractivity contribution in [2.24, 2.45) is 34.5 Å². The van der Waals surface area contributed by atoms with Gasteiger partial charge in [0, 0.05) is 12.8 Å². The lowest BCUT2D eigenvalue weighted by Crippen LogP contribution is -2.51. The molecule has 0 saturated heterocycles. The largest absolute Gasteiger partial charge is 0.462 e. The molecule has 7 atom stereocenters. The highest BCUT2D eigenvalue weighted by molar-refractivity contribution is 5.69. The zero-order valence-electron chi connectivity index (χ0n) is 18.4. The van der Waals surface area contributed by atoms with E-state index in [-0.39, 0.29) is 29.0 Å². The zero-order valence-corrected chi connectivity index (χ0v) is 18.4.